The second-order valence-electron chi connectivity index (χ2n) is 13.0. The molecule has 46 heavy (non-hydrogen) atoms. The van der Waals surface area contributed by atoms with E-state index < -0.39 is 41.2 Å². The highest BCUT2D eigenvalue weighted by Crippen LogP contribution is 2.27. The van der Waals surface area contributed by atoms with E-state index in [0.29, 0.717) is 19.3 Å². The van der Waals surface area contributed by atoms with Gasteiger partial charge in [0.15, 0.2) is 11.6 Å². The minimum atomic E-state index is -1.11. The topological polar surface area (TPSA) is 139 Å². The Labute approximate surface area is 277 Å². The molecule has 0 aliphatic heterocycles. The molecule has 0 saturated carbocycles. The predicted octanol–water partition coefficient (Wildman–Crippen LogP) is 6.68. The van der Waals surface area contributed by atoms with Crippen LogP contribution in [0.5, 0.6) is 0 Å². The molecule has 2 unspecified atom stereocenters. The summed E-state index contributed by atoms with van der Waals surface area (Å²) in [5, 5.41) is 14.4. The van der Waals surface area contributed by atoms with E-state index in [-0.39, 0.29) is 48.8 Å². The molecule has 9 nitrogen and oxygen atoms in total. The highest BCUT2D eigenvalue weighted by Gasteiger charge is 2.33. The zero-order chi connectivity index (χ0) is 34.2. The number of carbonyl (C=O) groups is 5. The van der Waals surface area contributed by atoms with Crippen LogP contribution in [-0.2, 0) is 30.5 Å². The monoisotopic (exact) mass is 654 g/mol. The number of benzene rings is 2. The zero-order valence-electron chi connectivity index (χ0n) is 27.9. The first kappa shape index (κ1) is 38.5. The van der Waals surface area contributed by atoms with Crippen molar-refractivity contribution in [3.05, 3.63) is 66.2 Å². The van der Waals surface area contributed by atoms with Gasteiger partial charge in [0.25, 0.3) is 0 Å². The minimum absolute atomic E-state index is 0.0472. The number of hydrogen-bond donors (Lipinski definition) is 3. The molecule has 0 aliphatic carbocycles. The van der Waals surface area contributed by atoms with Crippen LogP contribution in [0.25, 0.3) is 0 Å². The van der Waals surface area contributed by atoms with Gasteiger partial charge >= 0.3 is 12.1 Å². The van der Waals surface area contributed by atoms with Crippen LogP contribution in [0.15, 0.2) is 65.6 Å². The number of thioether (sulfide) groups is 1. The van der Waals surface area contributed by atoms with Crippen LogP contribution in [0.3, 0.4) is 0 Å². The number of carbonyl (C=O) groups excluding carboxylic acids is 4. The minimum Gasteiger partial charge on any atom is -0.480 e. The standard InChI is InChI=1S/C36H50N2O7S/c1-23(2)17-27(20-31(39)30(19-25(5)6)38-36(44)45-22-26-13-9-7-10-14-26)34(41)37-29(18-24(3)4)32(40)21-33(35(42)43)46-28-15-11-8-12-16-28/h7-16,23-25,27,29-30,33H,17-22H2,1-6H3,(H,37,41)(H,38,44)(H,42,43)/t27-,29+,30?,33?/m1/s1. The second kappa shape index (κ2) is 19.8. The maximum absolute atomic E-state index is 13.7. The number of amides is 2. The summed E-state index contributed by atoms with van der Waals surface area (Å²) in [7, 11) is 0. The Morgan fingerprint density at radius 2 is 1.20 bits per heavy atom. The lowest BCUT2D eigenvalue weighted by Crippen LogP contribution is -2.47. The molecule has 0 saturated heterocycles. The van der Waals surface area contributed by atoms with Gasteiger partial charge in [0.2, 0.25) is 5.91 Å². The highest BCUT2D eigenvalue weighted by atomic mass is 32.2. The number of aliphatic carboxylic acids is 1. The largest absolute Gasteiger partial charge is 0.480 e. The molecule has 252 valence electrons. The number of ether oxygens (including phenoxy) is 1. The molecule has 2 amide bonds. The zero-order valence-corrected chi connectivity index (χ0v) is 28.7. The van der Waals surface area contributed by atoms with Crippen LogP contribution in [-0.4, -0.2) is 52.0 Å². The smallest absolute Gasteiger partial charge is 0.408 e. The first-order chi connectivity index (χ1) is 21.7. The maximum atomic E-state index is 13.7. The fraction of sp³-hybridized carbons (Fsp3) is 0.528. The van der Waals surface area contributed by atoms with Crippen molar-refractivity contribution in [3.8, 4) is 0 Å². The van der Waals surface area contributed by atoms with Crippen LogP contribution < -0.4 is 10.6 Å². The summed E-state index contributed by atoms with van der Waals surface area (Å²) in [6, 6.07) is 16.5. The lowest BCUT2D eigenvalue weighted by Gasteiger charge is -2.26. The Kier molecular flexibility index (Phi) is 16.6. The van der Waals surface area contributed by atoms with Gasteiger partial charge in [0.05, 0.1) is 12.1 Å². The normalized spacial score (nSPS) is 13.9. The van der Waals surface area contributed by atoms with Gasteiger partial charge in [0, 0.05) is 23.7 Å². The third-order valence-corrected chi connectivity index (χ3v) is 8.47. The fourth-order valence-electron chi connectivity index (χ4n) is 5.09. The van der Waals surface area contributed by atoms with E-state index in [0.717, 1.165) is 22.2 Å². The Bertz CT molecular complexity index is 1270. The summed E-state index contributed by atoms with van der Waals surface area (Å²) in [6.07, 6.45) is 0.0152. The Morgan fingerprint density at radius 1 is 0.696 bits per heavy atom. The Morgan fingerprint density at radius 3 is 1.72 bits per heavy atom. The molecule has 2 rings (SSSR count). The van der Waals surface area contributed by atoms with E-state index >= 15 is 0 Å². The third kappa shape index (κ3) is 14.6. The quantitative estimate of drug-likeness (QED) is 0.134. The molecule has 10 heteroatoms. The van der Waals surface area contributed by atoms with E-state index in [1.807, 2.05) is 77.9 Å². The van der Waals surface area contributed by atoms with Crippen molar-refractivity contribution in [2.45, 2.75) is 102 Å². The Balaban J connectivity index is 2.15. The first-order valence-corrected chi connectivity index (χ1v) is 16.9. The van der Waals surface area contributed by atoms with Crippen molar-refractivity contribution in [1.82, 2.24) is 10.6 Å². The number of ketones is 2. The van der Waals surface area contributed by atoms with E-state index in [1.165, 1.54) is 0 Å². The number of rotatable bonds is 20. The molecular weight excluding hydrogens is 604 g/mol. The molecule has 0 aromatic heterocycles. The van der Waals surface area contributed by atoms with E-state index in [4.69, 9.17) is 4.74 Å². The predicted molar refractivity (Wildman–Crippen MR) is 180 cm³/mol. The summed E-state index contributed by atoms with van der Waals surface area (Å²) in [5.41, 5.74) is 0.817. The van der Waals surface area contributed by atoms with Crippen LogP contribution in [0, 0.1) is 23.7 Å². The van der Waals surface area contributed by atoms with Crippen LogP contribution in [0.4, 0.5) is 4.79 Å². The van der Waals surface area contributed by atoms with Gasteiger partial charge in [0.1, 0.15) is 11.9 Å². The van der Waals surface area contributed by atoms with Gasteiger partial charge < -0.3 is 20.5 Å². The SMILES string of the molecule is CC(C)CC(NC(=O)OCc1ccccc1)C(=O)C[C@@H](CC(C)C)C(=O)N[C@@H](CC(C)C)C(=O)CC(Sc1ccccc1)C(=O)O. The molecule has 0 bridgehead atoms. The molecule has 0 radical (unpaired) electrons. The van der Waals surface area contributed by atoms with Crippen molar-refractivity contribution >= 4 is 41.3 Å². The molecule has 0 spiro atoms. The number of carboxylic acid groups (broad SMARTS) is 1. The average Bonchev–Trinajstić information content (AvgIpc) is 2.98. The lowest BCUT2D eigenvalue weighted by molar-refractivity contribution is -0.138. The first-order valence-electron chi connectivity index (χ1n) is 16.0. The molecule has 0 heterocycles. The molecule has 3 N–H and O–H groups in total. The highest BCUT2D eigenvalue weighted by molar-refractivity contribution is 8.00. The number of alkyl carbamates (subject to hydrolysis) is 1. The summed E-state index contributed by atoms with van der Waals surface area (Å²) in [6.45, 7) is 11.7. The molecule has 4 atom stereocenters. The van der Waals surface area contributed by atoms with Gasteiger partial charge in [-0.05, 0) is 54.7 Å². The van der Waals surface area contributed by atoms with Gasteiger partial charge in [-0.15, -0.1) is 11.8 Å². The van der Waals surface area contributed by atoms with Gasteiger partial charge in [-0.3, -0.25) is 19.2 Å². The van der Waals surface area contributed by atoms with E-state index in [2.05, 4.69) is 10.6 Å². The van der Waals surface area contributed by atoms with Crippen LogP contribution in [0.2, 0.25) is 0 Å². The summed E-state index contributed by atoms with van der Waals surface area (Å²) < 4.78 is 5.35. The number of Topliss-reactive ketones (excluding diaryl/α,β-unsaturated/α-hetero) is 2. The third-order valence-electron chi connectivity index (χ3n) is 7.27. The molecule has 0 aliphatic rings. The van der Waals surface area contributed by atoms with Crippen LogP contribution >= 0.6 is 11.8 Å². The van der Waals surface area contributed by atoms with Gasteiger partial charge in [-0.25, -0.2) is 4.79 Å². The lowest BCUT2D eigenvalue weighted by atomic mass is 9.87. The van der Waals surface area contributed by atoms with E-state index in [1.54, 1.807) is 24.3 Å². The molecular formula is C36H50N2O7S. The summed E-state index contributed by atoms with van der Waals surface area (Å²) in [4.78, 5) is 66.2. The van der Waals surface area contributed by atoms with Crippen molar-refractivity contribution in [2.24, 2.45) is 23.7 Å². The average molecular weight is 655 g/mol. The second-order valence-corrected chi connectivity index (χ2v) is 14.3. The number of carboxylic acids is 1. The molecule has 2 aromatic carbocycles. The van der Waals surface area contributed by atoms with Gasteiger partial charge in [-0.2, -0.15) is 0 Å². The fourth-order valence-corrected chi connectivity index (χ4v) is 6.08. The van der Waals surface area contributed by atoms with E-state index in [9.17, 15) is 29.1 Å². The van der Waals surface area contributed by atoms with Crippen molar-refractivity contribution in [2.75, 3.05) is 0 Å². The van der Waals surface area contributed by atoms with Crippen molar-refractivity contribution < 1.29 is 33.8 Å². The molecule has 0 fully saturated rings. The number of nitrogens with one attached hydrogen (secondary N) is 2. The number of hydrogen-bond acceptors (Lipinski definition) is 7. The summed E-state index contributed by atoms with van der Waals surface area (Å²) >= 11 is 1.10. The Hall–Kier alpha value is -3.66. The van der Waals surface area contributed by atoms with Crippen molar-refractivity contribution in [3.63, 3.8) is 0 Å². The van der Waals surface area contributed by atoms with Crippen LogP contribution in [0.1, 0.15) is 79.2 Å². The molecule has 2 aromatic rings. The van der Waals surface area contributed by atoms with Gasteiger partial charge in [-0.1, -0.05) is 90.1 Å². The summed E-state index contributed by atoms with van der Waals surface area (Å²) in [5.74, 6) is -2.72. The van der Waals surface area contributed by atoms with Crippen molar-refractivity contribution in [1.29, 1.82) is 0 Å². The maximum Gasteiger partial charge on any atom is 0.408 e.